The highest BCUT2D eigenvalue weighted by atomic mass is 15.3. The van der Waals surface area contributed by atoms with Crippen LogP contribution >= 0.6 is 0 Å². The smallest absolute Gasteiger partial charge is 0.0234 e. The Morgan fingerprint density at radius 3 is 2.52 bits per heavy atom. The number of likely N-dealkylation sites (N-methyl/N-ethyl adjacent to an activating group) is 2. The molecule has 2 fully saturated rings. The second-order valence-corrected chi connectivity index (χ2v) is 6.74. The molecule has 3 heteroatoms. The quantitative estimate of drug-likeness (QED) is 0.895. The van der Waals surface area contributed by atoms with Gasteiger partial charge in [0.1, 0.15) is 0 Å². The van der Waals surface area contributed by atoms with Crippen LogP contribution in [0.5, 0.6) is 0 Å². The van der Waals surface area contributed by atoms with Crippen LogP contribution < -0.4 is 5.32 Å². The Labute approximate surface area is 129 Å². The lowest BCUT2D eigenvalue weighted by Gasteiger charge is -2.25. The van der Waals surface area contributed by atoms with Gasteiger partial charge in [-0.15, -0.1) is 0 Å². The van der Waals surface area contributed by atoms with Crippen LogP contribution in [-0.4, -0.2) is 55.6 Å². The van der Waals surface area contributed by atoms with Crippen molar-refractivity contribution in [2.45, 2.75) is 44.3 Å². The van der Waals surface area contributed by atoms with E-state index in [1.54, 1.807) is 0 Å². The first-order valence-corrected chi connectivity index (χ1v) is 8.43. The van der Waals surface area contributed by atoms with E-state index >= 15 is 0 Å². The molecule has 1 aromatic rings. The maximum Gasteiger partial charge on any atom is 0.0234 e. The Hall–Kier alpha value is -0.900. The van der Waals surface area contributed by atoms with Crippen molar-refractivity contribution in [3.8, 4) is 0 Å². The van der Waals surface area contributed by atoms with Crippen molar-refractivity contribution in [2.24, 2.45) is 0 Å². The minimum atomic E-state index is 0.785. The first-order chi connectivity index (χ1) is 10.3. The van der Waals surface area contributed by atoms with Gasteiger partial charge in [0.25, 0.3) is 0 Å². The molecule has 2 aliphatic rings. The molecule has 21 heavy (non-hydrogen) atoms. The van der Waals surface area contributed by atoms with Crippen LogP contribution in [0.2, 0.25) is 0 Å². The molecule has 3 rings (SSSR count). The molecule has 1 aromatic carbocycles. The predicted molar refractivity (Wildman–Crippen MR) is 88.5 cm³/mol. The lowest BCUT2D eigenvalue weighted by atomic mass is 10.1. The van der Waals surface area contributed by atoms with Gasteiger partial charge < -0.3 is 5.32 Å². The lowest BCUT2D eigenvalue weighted by molar-refractivity contribution is 0.214. The minimum Gasteiger partial charge on any atom is -0.319 e. The Morgan fingerprint density at radius 2 is 1.76 bits per heavy atom. The average molecular weight is 287 g/mol. The number of rotatable bonds is 5. The van der Waals surface area contributed by atoms with Crippen LogP contribution in [-0.2, 0) is 13.0 Å². The zero-order valence-corrected chi connectivity index (χ0v) is 13.5. The SMILES string of the molecule is CNCCc1ccc(CN2CCC3CCC(C2)N3C)cc1. The van der Waals surface area contributed by atoms with Crippen molar-refractivity contribution in [2.75, 3.05) is 33.7 Å². The first-order valence-electron chi connectivity index (χ1n) is 8.43. The highest BCUT2D eigenvalue weighted by Gasteiger charge is 2.34. The number of nitrogens with one attached hydrogen (secondary N) is 1. The topological polar surface area (TPSA) is 18.5 Å². The summed E-state index contributed by atoms with van der Waals surface area (Å²) in [5, 5.41) is 3.21. The number of fused-ring (bicyclic) bond motifs is 2. The van der Waals surface area contributed by atoms with Crippen LogP contribution in [0.3, 0.4) is 0 Å². The number of likely N-dealkylation sites (tertiary alicyclic amines) is 1. The van der Waals surface area contributed by atoms with Crippen LogP contribution in [0.4, 0.5) is 0 Å². The standard InChI is InChI=1S/C18H29N3/c1-19-11-9-15-3-5-16(6-4-15)13-21-12-10-17-7-8-18(14-21)20(17)2/h3-6,17-19H,7-14H2,1-2H3. The molecule has 3 nitrogen and oxygen atoms in total. The van der Waals surface area contributed by atoms with Crippen molar-refractivity contribution in [1.82, 2.24) is 15.1 Å². The summed E-state index contributed by atoms with van der Waals surface area (Å²) in [4.78, 5) is 5.28. The van der Waals surface area contributed by atoms with Gasteiger partial charge in [-0.05, 0) is 57.5 Å². The summed E-state index contributed by atoms with van der Waals surface area (Å²) in [5.41, 5.74) is 2.89. The summed E-state index contributed by atoms with van der Waals surface area (Å²) in [5.74, 6) is 0. The molecule has 0 amide bonds. The minimum absolute atomic E-state index is 0.785. The van der Waals surface area contributed by atoms with E-state index in [2.05, 4.69) is 46.4 Å². The molecular formula is C18H29N3. The van der Waals surface area contributed by atoms with Crippen LogP contribution in [0.15, 0.2) is 24.3 Å². The van der Waals surface area contributed by atoms with Crippen molar-refractivity contribution in [1.29, 1.82) is 0 Å². The third kappa shape index (κ3) is 3.65. The van der Waals surface area contributed by atoms with Gasteiger partial charge in [-0.25, -0.2) is 0 Å². The van der Waals surface area contributed by atoms with E-state index in [1.807, 2.05) is 7.05 Å². The zero-order valence-electron chi connectivity index (χ0n) is 13.5. The number of hydrogen-bond donors (Lipinski definition) is 1. The summed E-state index contributed by atoms with van der Waals surface area (Å²) in [6.07, 6.45) is 5.26. The van der Waals surface area contributed by atoms with Gasteiger partial charge in [0.05, 0.1) is 0 Å². The summed E-state index contributed by atoms with van der Waals surface area (Å²) in [6, 6.07) is 10.8. The number of nitrogens with zero attached hydrogens (tertiary/aromatic N) is 2. The molecule has 2 atom stereocenters. The van der Waals surface area contributed by atoms with E-state index in [0.717, 1.165) is 31.6 Å². The Kier molecular flexibility index (Phi) is 4.94. The largest absolute Gasteiger partial charge is 0.319 e. The van der Waals surface area contributed by atoms with Crippen LogP contribution in [0.1, 0.15) is 30.4 Å². The number of benzene rings is 1. The number of hydrogen-bond acceptors (Lipinski definition) is 3. The van der Waals surface area contributed by atoms with Gasteiger partial charge in [0.15, 0.2) is 0 Å². The molecular weight excluding hydrogens is 258 g/mol. The summed E-state index contributed by atoms with van der Waals surface area (Å²) < 4.78 is 0. The van der Waals surface area contributed by atoms with Crippen LogP contribution in [0.25, 0.3) is 0 Å². The van der Waals surface area contributed by atoms with Gasteiger partial charge in [-0.3, -0.25) is 9.80 Å². The Morgan fingerprint density at radius 1 is 1.05 bits per heavy atom. The summed E-state index contributed by atoms with van der Waals surface area (Å²) >= 11 is 0. The fourth-order valence-electron chi connectivity index (χ4n) is 3.86. The molecule has 1 N–H and O–H groups in total. The molecule has 116 valence electrons. The van der Waals surface area contributed by atoms with Crippen molar-refractivity contribution in [3.63, 3.8) is 0 Å². The van der Waals surface area contributed by atoms with E-state index in [-0.39, 0.29) is 0 Å². The van der Waals surface area contributed by atoms with Crippen LogP contribution in [0, 0.1) is 0 Å². The van der Waals surface area contributed by atoms with Gasteiger partial charge in [-0.1, -0.05) is 24.3 Å². The third-order valence-corrected chi connectivity index (χ3v) is 5.33. The molecule has 2 bridgehead atoms. The van der Waals surface area contributed by atoms with E-state index in [1.165, 1.54) is 43.5 Å². The molecule has 0 spiro atoms. The Balaban J connectivity index is 1.56. The highest BCUT2D eigenvalue weighted by Crippen LogP contribution is 2.29. The van der Waals surface area contributed by atoms with Crippen molar-refractivity contribution in [3.05, 3.63) is 35.4 Å². The van der Waals surface area contributed by atoms with Gasteiger partial charge in [0.2, 0.25) is 0 Å². The molecule has 2 heterocycles. The molecule has 2 saturated heterocycles. The van der Waals surface area contributed by atoms with E-state index in [0.29, 0.717) is 0 Å². The van der Waals surface area contributed by atoms with E-state index in [4.69, 9.17) is 0 Å². The highest BCUT2D eigenvalue weighted by molar-refractivity contribution is 5.22. The second-order valence-electron chi connectivity index (χ2n) is 6.74. The molecule has 0 radical (unpaired) electrons. The molecule has 0 saturated carbocycles. The lowest BCUT2D eigenvalue weighted by Crippen LogP contribution is -2.36. The normalized spacial score (nSPS) is 27.0. The Bertz CT molecular complexity index is 442. The second kappa shape index (κ2) is 6.91. The van der Waals surface area contributed by atoms with E-state index < -0.39 is 0 Å². The molecule has 2 unspecified atom stereocenters. The summed E-state index contributed by atoms with van der Waals surface area (Å²) in [6.45, 7) is 4.67. The van der Waals surface area contributed by atoms with Gasteiger partial charge in [-0.2, -0.15) is 0 Å². The fourth-order valence-corrected chi connectivity index (χ4v) is 3.86. The predicted octanol–water partition coefficient (Wildman–Crippen LogP) is 2.12. The van der Waals surface area contributed by atoms with Crippen molar-refractivity contribution < 1.29 is 0 Å². The van der Waals surface area contributed by atoms with E-state index in [9.17, 15) is 0 Å². The maximum absolute atomic E-state index is 3.21. The monoisotopic (exact) mass is 287 g/mol. The average Bonchev–Trinajstić information content (AvgIpc) is 2.75. The van der Waals surface area contributed by atoms with Crippen molar-refractivity contribution >= 4 is 0 Å². The third-order valence-electron chi connectivity index (χ3n) is 5.33. The first kappa shape index (κ1) is 15.0. The maximum atomic E-state index is 3.21. The fraction of sp³-hybridized carbons (Fsp3) is 0.667. The van der Waals surface area contributed by atoms with Gasteiger partial charge >= 0.3 is 0 Å². The summed E-state index contributed by atoms with van der Waals surface area (Å²) in [7, 11) is 4.33. The zero-order chi connectivity index (χ0) is 14.7. The molecule has 0 aliphatic carbocycles. The molecule has 2 aliphatic heterocycles. The van der Waals surface area contributed by atoms with Gasteiger partial charge in [0, 0.05) is 31.7 Å². The molecule has 0 aromatic heterocycles.